The largest absolute Gasteiger partial charge is 0.378 e. The molecular formula is C21H21N5S. The fourth-order valence-electron chi connectivity index (χ4n) is 5.24. The maximum Gasteiger partial charge on any atom is 0.181 e. The fourth-order valence-corrected chi connectivity index (χ4v) is 6.02. The van der Waals surface area contributed by atoms with E-state index in [-0.39, 0.29) is 0 Å². The molecule has 0 saturated heterocycles. The van der Waals surface area contributed by atoms with Crippen molar-refractivity contribution in [1.29, 1.82) is 0 Å². The van der Waals surface area contributed by atoms with Gasteiger partial charge in [-0.1, -0.05) is 30.2 Å². The lowest BCUT2D eigenvalue weighted by Gasteiger charge is -2.44. The number of anilines is 2. The van der Waals surface area contributed by atoms with Crippen LogP contribution in [0.4, 0.5) is 10.8 Å². The van der Waals surface area contributed by atoms with Crippen molar-refractivity contribution in [1.82, 2.24) is 15.2 Å². The molecule has 136 valence electrons. The number of nitrogens with two attached hydrogens (primary N) is 1. The van der Waals surface area contributed by atoms with Gasteiger partial charge in [-0.05, 0) is 60.1 Å². The van der Waals surface area contributed by atoms with Crippen LogP contribution in [-0.2, 0) is 0 Å². The summed E-state index contributed by atoms with van der Waals surface area (Å²) in [7, 11) is 0. The molecule has 1 saturated carbocycles. The molecule has 1 unspecified atom stereocenters. The molecule has 0 spiro atoms. The highest BCUT2D eigenvalue weighted by atomic mass is 32.1. The first-order valence-electron chi connectivity index (χ1n) is 9.66. The molecule has 0 bridgehead atoms. The number of H-pyrrole nitrogens is 1. The van der Waals surface area contributed by atoms with E-state index in [0.717, 1.165) is 11.0 Å². The number of thiazole rings is 1. The van der Waals surface area contributed by atoms with Crippen LogP contribution in [0.3, 0.4) is 0 Å². The van der Waals surface area contributed by atoms with Gasteiger partial charge in [0.1, 0.15) is 0 Å². The first-order chi connectivity index (χ1) is 13.3. The predicted octanol–water partition coefficient (Wildman–Crippen LogP) is 5.20. The summed E-state index contributed by atoms with van der Waals surface area (Å²) in [6.45, 7) is 0. The lowest BCUT2D eigenvalue weighted by molar-refractivity contribution is 0.267. The number of benzene rings is 2. The summed E-state index contributed by atoms with van der Waals surface area (Å²) in [6, 6.07) is 11.3. The summed E-state index contributed by atoms with van der Waals surface area (Å²) in [5.41, 5.74) is 12.1. The van der Waals surface area contributed by atoms with Gasteiger partial charge in [-0.25, -0.2) is 4.98 Å². The Balaban J connectivity index is 1.51. The van der Waals surface area contributed by atoms with Crippen molar-refractivity contribution >= 4 is 43.3 Å². The number of nitrogens with zero attached hydrogens (tertiary/aromatic N) is 2. The van der Waals surface area contributed by atoms with Crippen LogP contribution in [0.15, 0.2) is 36.5 Å². The summed E-state index contributed by atoms with van der Waals surface area (Å²) in [6.07, 6.45) is 7.14. The zero-order valence-corrected chi connectivity index (χ0v) is 15.7. The molecule has 1 fully saturated rings. The molecule has 3 atom stereocenters. The standard InChI is InChI=1S/C21H21N5S/c22-21-25-16-6-5-11(9-18(16)27-21)20-13-4-2-1-3-12(13)19-14-10-23-26-15(14)7-8-17(19)24-20/h5-10,12-13,20,24H,1-4H2,(H2,22,25)(H,23,26)/t12?,13-,20-/m1/s1. The highest BCUT2D eigenvalue weighted by Crippen LogP contribution is 2.53. The Hall–Kier alpha value is -2.60. The van der Waals surface area contributed by atoms with Gasteiger partial charge in [-0.3, -0.25) is 5.10 Å². The maximum absolute atomic E-state index is 5.91. The van der Waals surface area contributed by atoms with Gasteiger partial charge >= 0.3 is 0 Å². The Labute approximate surface area is 161 Å². The molecule has 4 N–H and O–H groups in total. The molecule has 6 heteroatoms. The molecule has 2 aromatic carbocycles. The monoisotopic (exact) mass is 375 g/mol. The van der Waals surface area contributed by atoms with Crippen molar-refractivity contribution in [3.05, 3.63) is 47.7 Å². The molecule has 0 radical (unpaired) electrons. The van der Waals surface area contributed by atoms with Crippen molar-refractivity contribution in [2.75, 3.05) is 11.1 Å². The normalized spacial score (nSPS) is 24.5. The Morgan fingerprint density at radius 2 is 2.04 bits per heavy atom. The minimum absolute atomic E-state index is 0.333. The smallest absolute Gasteiger partial charge is 0.181 e. The second-order valence-corrected chi connectivity index (χ2v) is 8.88. The molecule has 3 heterocycles. The van der Waals surface area contributed by atoms with Crippen LogP contribution >= 0.6 is 11.3 Å². The molecule has 2 aliphatic rings. The van der Waals surface area contributed by atoms with E-state index in [1.54, 1.807) is 11.3 Å². The van der Waals surface area contributed by atoms with Gasteiger partial charge in [0.25, 0.3) is 0 Å². The summed E-state index contributed by atoms with van der Waals surface area (Å²) < 4.78 is 1.18. The van der Waals surface area contributed by atoms with Crippen LogP contribution in [0.25, 0.3) is 21.1 Å². The molecule has 4 aromatic rings. The minimum Gasteiger partial charge on any atom is -0.378 e. The second kappa shape index (κ2) is 5.70. The summed E-state index contributed by atoms with van der Waals surface area (Å²) in [5.74, 6) is 1.19. The van der Waals surface area contributed by atoms with E-state index in [9.17, 15) is 0 Å². The number of aromatic nitrogens is 3. The quantitative estimate of drug-likeness (QED) is 0.427. The number of hydrogen-bond donors (Lipinski definition) is 3. The summed E-state index contributed by atoms with van der Waals surface area (Å²) in [4.78, 5) is 4.41. The van der Waals surface area contributed by atoms with E-state index in [2.05, 4.69) is 50.8 Å². The third kappa shape index (κ3) is 2.29. The van der Waals surface area contributed by atoms with Gasteiger partial charge in [0.2, 0.25) is 0 Å². The fraction of sp³-hybridized carbons (Fsp3) is 0.333. The van der Waals surface area contributed by atoms with E-state index in [0.29, 0.717) is 23.0 Å². The Kier molecular flexibility index (Phi) is 3.26. The van der Waals surface area contributed by atoms with Gasteiger partial charge < -0.3 is 11.1 Å². The first-order valence-corrected chi connectivity index (χ1v) is 10.5. The molecule has 6 rings (SSSR count). The zero-order chi connectivity index (χ0) is 18.0. The van der Waals surface area contributed by atoms with E-state index >= 15 is 0 Å². The summed E-state index contributed by atoms with van der Waals surface area (Å²) >= 11 is 1.57. The number of rotatable bonds is 1. The van der Waals surface area contributed by atoms with Crippen LogP contribution in [0.2, 0.25) is 0 Å². The molecular weight excluding hydrogens is 354 g/mol. The zero-order valence-electron chi connectivity index (χ0n) is 14.9. The van der Waals surface area contributed by atoms with Crippen molar-refractivity contribution in [2.45, 2.75) is 37.6 Å². The molecule has 1 aliphatic heterocycles. The molecule has 0 amide bonds. The minimum atomic E-state index is 0.333. The maximum atomic E-state index is 5.91. The lowest BCUT2D eigenvalue weighted by Crippen LogP contribution is -2.33. The van der Waals surface area contributed by atoms with Gasteiger partial charge in [0.15, 0.2) is 5.13 Å². The first kappa shape index (κ1) is 15.5. The van der Waals surface area contributed by atoms with Gasteiger partial charge in [0.05, 0.1) is 28.0 Å². The number of aromatic amines is 1. The van der Waals surface area contributed by atoms with E-state index in [1.165, 1.54) is 52.6 Å². The highest BCUT2D eigenvalue weighted by Gasteiger charge is 2.39. The predicted molar refractivity (Wildman–Crippen MR) is 111 cm³/mol. The van der Waals surface area contributed by atoms with Gasteiger partial charge in [0, 0.05) is 11.1 Å². The van der Waals surface area contributed by atoms with Crippen LogP contribution in [0.1, 0.15) is 48.8 Å². The second-order valence-electron chi connectivity index (χ2n) is 7.81. The van der Waals surface area contributed by atoms with E-state index < -0.39 is 0 Å². The third-order valence-electron chi connectivity index (χ3n) is 6.38. The number of hydrogen-bond acceptors (Lipinski definition) is 5. The van der Waals surface area contributed by atoms with Crippen LogP contribution in [0.5, 0.6) is 0 Å². The molecule has 2 aromatic heterocycles. The van der Waals surface area contributed by atoms with Crippen molar-refractivity contribution in [2.24, 2.45) is 5.92 Å². The van der Waals surface area contributed by atoms with Crippen molar-refractivity contribution in [3.63, 3.8) is 0 Å². The topological polar surface area (TPSA) is 79.6 Å². The van der Waals surface area contributed by atoms with Crippen LogP contribution in [-0.4, -0.2) is 15.2 Å². The number of fused-ring (bicyclic) bond motifs is 6. The average molecular weight is 376 g/mol. The number of nitrogen functional groups attached to an aromatic ring is 1. The van der Waals surface area contributed by atoms with E-state index in [1.807, 2.05) is 6.20 Å². The number of nitrogens with one attached hydrogen (secondary N) is 2. The van der Waals surface area contributed by atoms with Crippen LogP contribution < -0.4 is 11.1 Å². The molecule has 5 nitrogen and oxygen atoms in total. The molecule has 1 aliphatic carbocycles. The van der Waals surface area contributed by atoms with Crippen LogP contribution in [0, 0.1) is 5.92 Å². The average Bonchev–Trinajstić information content (AvgIpc) is 3.31. The SMILES string of the molecule is Nc1nc2ccc([C@H]3Nc4ccc5[nH]ncc5c4C4CCCC[C@H]43)cc2s1. The van der Waals surface area contributed by atoms with Gasteiger partial charge in [-0.2, -0.15) is 5.10 Å². The van der Waals surface area contributed by atoms with Crippen molar-refractivity contribution < 1.29 is 0 Å². The summed E-state index contributed by atoms with van der Waals surface area (Å²) in [5, 5.41) is 13.2. The van der Waals surface area contributed by atoms with Gasteiger partial charge in [-0.15, -0.1) is 0 Å². The Morgan fingerprint density at radius 1 is 1.11 bits per heavy atom. The lowest BCUT2D eigenvalue weighted by atomic mass is 9.67. The Morgan fingerprint density at radius 3 is 3.00 bits per heavy atom. The highest BCUT2D eigenvalue weighted by molar-refractivity contribution is 7.22. The Bertz CT molecular complexity index is 1160. The van der Waals surface area contributed by atoms with Crippen molar-refractivity contribution in [3.8, 4) is 0 Å². The molecule has 27 heavy (non-hydrogen) atoms. The third-order valence-corrected chi connectivity index (χ3v) is 7.23. The van der Waals surface area contributed by atoms with E-state index in [4.69, 9.17) is 5.73 Å².